The van der Waals surface area contributed by atoms with Gasteiger partial charge in [-0.1, -0.05) is 35.5 Å². The van der Waals surface area contributed by atoms with E-state index in [0.29, 0.717) is 21.1 Å². The number of halogens is 2. The van der Waals surface area contributed by atoms with Crippen molar-refractivity contribution in [1.29, 1.82) is 0 Å². The van der Waals surface area contributed by atoms with Crippen LogP contribution in [0.2, 0.25) is 5.02 Å². The largest absolute Gasteiger partial charge is 0.323 e. The highest BCUT2D eigenvalue weighted by molar-refractivity contribution is 7.99. The van der Waals surface area contributed by atoms with Gasteiger partial charge in [-0.3, -0.25) is 14.2 Å². The molecule has 0 aliphatic rings. The topological polar surface area (TPSA) is 64.0 Å². The van der Waals surface area contributed by atoms with E-state index in [4.69, 9.17) is 11.6 Å². The normalized spacial score (nSPS) is 10.8. The van der Waals surface area contributed by atoms with Crippen LogP contribution in [0.25, 0.3) is 10.9 Å². The van der Waals surface area contributed by atoms with Gasteiger partial charge in [-0.25, -0.2) is 9.37 Å². The summed E-state index contributed by atoms with van der Waals surface area (Å²) < 4.78 is 15.0. The Hall–Kier alpha value is -2.38. The molecule has 0 aliphatic heterocycles. The number of nitrogens with one attached hydrogen (secondary N) is 1. The number of anilines is 1. The van der Waals surface area contributed by atoms with Crippen molar-refractivity contribution in [2.75, 3.05) is 11.1 Å². The molecule has 8 heteroatoms. The minimum Gasteiger partial charge on any atom is -0.323 e. The van der Waals surface area contributed by atoms with Gasteiger partial charge in [0, 0.05) is 12.1 Å². The molecule has 25 heavy (non-hydrogen) atoms. The maximum absolute atomic E-state index is 13.6. The molecule has 0 aliphatic carbocycles. The molecular weight excluding hydrogens is 365 g/mol. The number of thioether (sulfide) groups is 1. The standard InChI is InChI=1S/C17H13ClFN3O2S/c1-22-16(24)11-4-2-3-5-13(11)21-17(22)25-9-15(23)20-14-8-10(18)6-7-12(14)19/h2-8H,9H2,1H3,(H,20,23). The fourth-order valence-corrected chi connectivity index (χ4v) is 3.18. The van der Waals surface area contributed by atoms with Gasteiger partial charge < -0.3 is 5.32 Å². The van der Waals surface area contributed by atoms with E-state index in [2.05, 4.69) is 10.3 Å². The Balaban J connectivity index is 1.76. The van der Waals surface area contributed by atoms with E-state index in [0.717, 1.165) is 11.8 Å². The highest BCUT2D eigenvalue weighted by atomic mass is 35.5. The van der Waals surface area contributed by atoms with Gasteiger partial charge in [-0.05, 0) is 30.3 Å². The number of nitrogens with zero attached hydrogens (tertiary/aromatic N) is 2. The molecule has 1 heterocycles. The third kappa shape index (κ3) is 3.83. The second-order valence-electron chi connectivity index (χ2n) is 5.24. The molecule has 3 aromatic rings. The number of carbonyl (C=O) groups excluding carboxylic acids is 1. The molecule has 128 valence electrons. The number of amides is 1. The maximum Gasteiger partial charge on any atom is 0.261 e. The fourth-order valence-electron chi connectivity index (χ4n) is 2.24. The van der Waals surface area contributed by atoms with Crippen LogP contribution < -0.4 is 10.9 Å². The summed E-state index contributed by atoms with van der Waals surface area (Å²) in [4.78, 5) is 28.8. The number of aromatic nitrogens is 2. The first-order valence-corrected chi connectivity index (χ1v) is 8.65. The van der Waals surface area contributed by atoms with E-state index in [1.807, 2.05) is 0 Å². The highest BCUT2D eigenvalue weighted by Crippen LogP contribution is 2.21. The Bertz CT molecular complexity index is 1020. The zero-order valence-corrected chi connectivity index (χ0v) is 14.7. The van der Waals surface area contributed by atoms with Crippen molar-refractivity contribution in [2.24, 2.45) is 7.05 Å². The quantitative estimate of drug-likeness (QED) is 0.558. The molecule has 0 saturated carbocycles. The van der Waals surface area contributed by atoms with E-state index < -0.39 is 11.7 Å². The first-order chi connectivity index (χ1) is 12.0. The summed E-state index contributed by atoms with van der Waals surface area (Å²) in [7, 11) is 1.60. The summed E-state index contributed by atoms with van der Waals surface area (Å²) in [6.07, 6.45) is 0. The fraction of sp³-hybridized carbons (Fsp3) is 0.118. The molecule has 2 aromatic carbocycles. The number of hydrogen-bond acceptors (Lipinski definition) is 4. The van der Waals surface area contributed by atoms with Crippen LogP contribution in [0, 0.1) is 5.82 Å². The Morgan fingerprint density at radius 3 is 2.88 bits per heavy atom. The summed E-state index contributed by atoms with van der Waals surface area (Å²) in [5.41, 5.74) is 0.391. The number of rotatable bonds is 4. The predicted molar refractivity (Wildman–Crippen MR) is 97.7 cm³/mol. The second kappa shape index (κ2) is 7.25. The Kier molecular flexibility index (Phi) is 5.06. The molecule has 0 atom stereocenters. The third-order valence-electron chi connectivity index (χ3n) is 3.48. The molecule has 0 spiro atoms. The van der Waals surface area contributed by atoms with E-state index in [1.54, 1.807) is 31.3 Å². The van der Waals surface area contributed by atoms with Gasteiger partial charge in [0.15, 0.2) is 5.16 Å². The molecule has 0 unspecified atom stereocenters. The van der Waals surface area contributed by atoms with Crippen LogP contribution in [-0.4, -0.2) is 21.2 Å². The van der Waals surface area contributed by atoms with Gasteiger partial charge in [-0.15, -0.1) is 0 Å². The van der Waals surface area contributed by atoms with E-state index >= 15 is 0 Å². The van der Waals surface area contributed by atoms with Gasteiger partial charge in [0.2, 0.25) is 5.91 Å². The number of hydrogen-bond donors (Lipinski definition) is 1. The lowest BCUT2D eigenvalue weighted by atomic mass is 10.2. The summed E-state index contributed by atoms with van der Waals surface area (Å²) in [6.45, 7) is 0. The lowest BCUT2D eigenvalue weighted by molar-refractivity contribution is -0.113. The van der Waals surface area contributed by atoms with Crippen LogP contribution in [0.4, 0.5) is 10.1 Å². The smallest absolute Gasteiger partial charge is 0.261 e. The van der Waals surface area contributed by atoms with Crippen molar-refractivity contribution in [2.45, 2.75) is 5.16 Å². The molecule has 1 amide bonds. The first-order valence-electron chi connectivity index (χ1n) is 7.29. The van der Waals surface area contributed by atoms with Crippen molar-refractivity contribution >= 4 is 45.9 Å². The van der Waals surface area contributed by atoms with Crippen LogP contribution in [0.3, 0.4) is 0 Å². The highest BCUT2D eigenvalue weighted by Gasteiger charge is 2.12. The van der Waals surface area contributed by atoms with E-state index in [-0.39, 0.29) is 17.0 Å². The lowest BCUT2D eigenvalue weighted by Crippen LogP contribution is -2.21. The zero-order chi connectivity index (χ0) is 18.0. The minimum atomic E-state index is -0.570. The lowest BCUT2D eigenvalue weighted by Gasteiger charge is -2.09. The average Bonchev–Trinajstić information content (AvgIpc) is 2.60. The van der Waals surface area contributed by atoms with Crippen molar-refractivity contribution in [1.82, 2.24) is 9.55 Å². The SMILES string of the molecule is Cn1c(SCC(=O)Nc2cc(Cl)ccc2F)nc2ccccc2c1=O. The summed E-state index contributed by atoms with van der Waals surface area (Å²) in [5, 5.41) is 3.70. The summed E-state index contributed by atoms with van der Waals surface area (Å²) in [6, 6.07) is 10.9. The van der Waals surface area contributed by atoms with Crippen molar-refractivity contribution < 1.29 is 9.18 Å². The Labute approximate surface area is 151 Å². The van der Waals surface area contributed by atoms with E-state index in [1.165, 1.54) is 22.8 Å². The molecule has 5 nitrogen and oxygen atoms in total. The maximum atomic E-state index is 13.6. The Morgan fingerprint density at radius 2 is 2.08 bits per heavy atom. The molecule has 0 radical (unpaired) electrons. The molecule has 1 N–H and O–H groups in total. The number of para-hydroxylation sites is 1. The van der Waals surface area contributed by atoms with Gasteiger partial charge in [0.05, 0.1) is 22.3 Å². The van der Waals surface area contributed by atoms with Crippen LogP contribution in [-0.2, 0) is 11.8 Å². The molecule has 0 bridgehead atoms. The molecule has 0 fully saturated rings. The monoisotopic (exact) mass is 377 g/mol. The molecule has 3 rings (SSSR count). The average molecular weight is 378 g/mol. The first kappa shape index (κ1) is 17.4. The second-order valence-corrected chi connectivity index (χ2v) is 6.62. The van der Waals surface area contributed by atoms with Crippen LogP contribution in [0.5, 0.6) is 0 Å². The van der Waals surface area contributed by atoms with Crippen molar-refractivity contribution in [3.8, 4) is 0 Å². The van der Waals surface area contributed by atoms with Gasteiger partial charge in [0.25, 0.3) is 5.56 Å². The molecular formula is C17H13ClFN3O2S. The third-order valence-corrected chi connectivity index (χ3v) is 4.74. The number of benzene rings is 2. The van der Waals surface area contributed by atoms with Crippen LogP contribution >= 0.6 is 23.4 Å². The molecule has 1 aromatic heterocycles. The van der Waals surface area contributed by atoms with Gasteiger partial charge in [-0.2, -0.15) is 0 Å². The van der Waals surface area contributed by atoms with Crippen molar-refractivity contribution in [3.05, 3.63) is 63.7 Å². The minimum absolute atomic E-state index is 0.0125. The van der Waals surface area contributed by atoms with Crippen LogP contribution in [0.15, 0.2) is 52.4 Å². The summed E-state index contributed by atoms with van der Waals surface area (Å²) >= 11 is 6.89. The van der Waals surface area contributed by atoms with Crippen LogP contribution in [0.1, 0.15) is 0 Å². The predicted octanol–water partition coefficient (Wildman–Crippen LogP) is 3.46. The number of carbonyl (C=O) groups is 1. The summed E-state index contributed by atoms with van der Waals surface area (Å²) in [5.74, 6) is -1.02. The Morgan fingerprint density at radius 1 is 1.32 bits per heavy atom. The zero-order valence-electron chi connectivity index (χ0n) is 13.1. The van der Waals surface area contributed by atoms with Crippen molar-refractivity contribution in [3.63, 3.8) is 0 Å². The van der Waals surface area contributed by atoms with Gasteiger partial charge >= 0.3 is 0 Å². The number of fused-ring (bicyclic) bond motifs is 1. The van der Waals surface area contributed by atoms with Gasteiger partial charge in [0.1, 0.15) is 5.82 Å². The molecule has 0 saturated heterocycles. The van der Waals surface area contributed by atoms with E-state index in [9.17, 15) is 14.0 Å².